The summed E-state index contributed by atoms with van der Waals surface area (Å²) in [5.74, 6) is 0.748. The molecule has 1 rings (SSSR count). The molecule has 0 aliphatic rings. The van der Waals surface area contributed by atoms with Crippen LogP contribution in [0.2, 0.25) is 0 Å². The average molecular weight is 233 g/mol. The van der Waals surface area contributed by atoms with Crippen molar-refractivity contribution in [2.24, 2.45) is 5.92 Å². The van der Waals surface area contributed by atoms with Gasteiger partial charge in [0.05, 0.1) is 0 Å². The Bertz CT molecular complexity index is 321. The lowest BCUT2D eigenvalue weighted by Gasteiger charge is -2.15. The van der Waals surface area contributed by atoms with Crippen LogP contribution in [0, 0.1) is 19.8 Å². The molecule has 0 saturated carbocycles. The minimum atomic E-state index is 0.596. The molecule has 0 aromatic heterocycles. The Morgan fingerprint density at radius 1 is 1.00 bits per heavy atom. The summed E-state index contributed by atoms with van der Waals surface area (Å²) in [7, 11) is 0. The summed E-state index contributed by atoms with van der Waals surface area (Å²) in [4.78, 5) is 0. The Morgan fingerprint density at radius 2 is 1.59 bits per heavy atom. The van der Waals surface area contributed by atoms with E-state index in [4.69, 9.17) is 0 Å². The number of benzene rings is 1. The Morgan fingerprint density at radius 3 is 2.12 bits per heavy atom. The highest BCUT2D eigenvalue weighted by molar-refractivity contribution is 5.28. The molecule has 0 saturated heterocycles. The van der Waals surface area contributed by atoms with Gasteiger partial charge in [0.15, 0.2) is 0 Å². The average Bonchev–Trinajstić information content (AvgIpc) is 2.22. The van der Waals surface area contributed by atoms with Crippen molar-refractivity contribution in [1.29, 1.82) is 0 Å². The first kappa shape index (κ1) is 14.2. The van der Waals surface area contributed by atoms with Gasteiger partial charge in [0.25, 0.3) is 0 Å². The normalized spacial score (nSPS) is 13.1. The molecule has 1 unspecified atom stereocenters. The fourth-order valence-electron chi connectivity index (χ4n) is 2.17. The molecule has 1 heteroatoms. The first-order valence-electron chi connectivity index (χ1n) is 6.78. The standard InChI is InChI=1S/C16H27N/c1-12(2)17-11-13(3)6-7-16-9-14(4)8-15(5)10-16/h8-10,12-13,17H,6-7,11H2,1-5H3. The van der Waals surface area contributed by atoms with Crippen LogP contribution in [-0.4, -0.2) is 12.6 Å². The Labute approximate surface area is 107 Å². The quantitative estimate of drug-likeness (QED) is 0.786. The van der Waals surface area contributed by atoms with Crippen molar-refractivity contribution in [3.63, 3.8) is 0 Å². The molecule has 0 amide bonds. The van der Waals surface area contributed by atoms with Crippen LogP contribution in [0.5, 0.6) is 0 Å². The molecule has 0 aliphatic carbocycles. The Hall–Kier alpha value is -0.820. The summed E-state index contributed by atoms with van der Waals surface area (Å²) < 4.78 is 0. The second-order valence-electron chi connectivity index (χ2n) is 5.70. The smallest absolute Gasteiger partial charge is 0.00104 e. The van der Waals surface area contributed by atoms with Crippen LogP contribution in [0.1, 0.15) is 43.9 Å². The zero-order chi connectivity index (χ0) is 12.8. The number of hydrogen-bond acceptors (Lipinski definition) is 1. The summed E-state index contributed by atoms with van der Waals surface area (Å²) in [6.45, 7) is 12.2. The highest BCUT2D eigenvalue weighted by Crippen LogP contribution is 2.13. The van der Waals surface area contributed by atoms with Gasteiger partial charge in [0.2, 0.25) is 0 Å². The first-order valence-corrected chi connectivity index (χ1v) is 6.78. The summed E-state index contributed by atoms with van der Waals surface area (Å²) in [5.41, 5.74) is 4.25. The topological polar surface area (TPSA) is 12.0 Å². The molecule has 0 fully saturated rings. The minimum Gasteiger partial charge on any atom is -0.314 e. The van der Waals surface area contributed by atoms with Crippen molar-refractivity contribution in [2.45, 2.75) is 53.5 Å². The monoisotopic (exact) mass is 233 g/mol. The number of aryl methyl sites for hydroxylation is 3. The van der Waals surface area contributed by atoms with Gasteiger partial charge in [-0.05, 0) is 44.7 Å². The third kappa shape index (κ3) is 5.88. The van der Waals surface area contributed by atoms with Crippen LogP contribution < -0.4 is 5.32 Å². The number of rotatable bonds is 6. The lowest BCUT2D eigenvalue weighted by Crippen LogP contribution is -2.28. The van der Waals surface area contributed by atoms with Crippen molar-refractivity contribution in [2.75, 3.05) is 6.54 Å². The van der Waals surface area contributed by atoms with Gasteiger partial charge in [0.1, 0.15) is 0 Å². The van der Waals surface area contributed by atoms with Crippen LogP contribution in [0.15, 0.2) is 18.2 Å². The maximum Gasteiger partial charge on any atom is 0.00104 e. The van der Waals surface area contributed by atoms with Gasteiger partial charge in [-0.25, -0.2) is 0 Å². The summed E-state index contributed by atoms with van der Waals surface area (Å²) in [6.07, 6.45) is 2.46. The molecule has 0 aliphatic heterocycles. The van der Waals surface area contributed by atoms with E-state index < -0.39 is 0 Å². The molecular weight excluding hydrogens is 206 g/mol. The number of nitrogens with one attached hydrogen (secondary N) is 1. The lowest BCUT2D eigenvalue weighted by atomic mass is 9.98. The van der Waals surface area contributed by atoms with E-state index in [1.54, 1.807) is 0 Å². The second kappa shape index (κ2) is 6.80. The van der Waals surface area contributed by atoms with E-state index in [1.165, 1.54) is 29.5 Å². The molecule has 1 atom stereocenters. The van der Waals surface area contributed by atoms with Gasteiger partial charge in [0, 0.05) is 6.04 Å². The fraction of sp³-hybridized carbons (Fsp3) is 0.625. The first-order chi connectivity index (χ1) is 7.97. The third-order valence-electron chi connectivity index (χ3n) is 3.08. The van der Waals surface area contributed by atoms with Crippen LogP contribution in [0.25, 0.3) is 0 Å². The zero-order valence-electron chi connectivity index (χ0n) is 12.0. The van der Waals surface area contributed by atoms with E-state index in [2.05, 4.69) is 58.1 Å². The van der Waals surface area contributed by atoms with E-state index in [0.29, 0.717) is 6.04 Å². The SMILES string of the molecule is Cc1cc(C)cc(CCC(C)CNC(C)C)c1. The molecule has 1 aromatic carbocycles. The number of hydrogen-bond donors (Lipinski definition) is 1. The van der Waals surface area contributed by atoms with Crippen molar-refractivity contribution in [3.8, 4) is 0 Å². The largest absolute Gasteiger partial charge is 0.314 e. The molecule has 0 spiro atoms. The van der Waals surface area contributed by atoms with Gasteiger partial charge in [-0.1, -0.05) is 50.1 Å². The molecule has 17 heavy (non-hydrogen) atoms. The van der Waals surface area contributed by atoms with Crippen molar-refractivity contribution in [3.05, 3.63) is 34.9 Å². The van der Waals surface area contributed by atoms with Crippen LogP contribution in [0.3, 0.4) is 0 Å². The minimum absolute atomic E-state index is 0.596. The summed E-state index contributed by atoms with van der Waals surface area (Å²) in [5, 5.41) is 3.50. The molecule has 0 bridgehead atoms. The van der Waals surface area contributed by atoms with E-state index in [-0.39, 0.29) is 0 Å². The maximum absolute atomic E-state index is 3.50. The van der Waals surface area contributed by atoms with Crippen LogP contribution in [0.4, 0.5) is 0 Å². The Balaban J connectivity index is 2.39. The van der Waals surface area contributed by atoms with Crippen molar-refractivity contribution >= 4 is 0 Å². The molecule has 1 N–H and O–H groups in total. The molecule has 0 radical (unpaired) electrons. The van der Waals surface area contributed by atoms with E-state index in [0.717, 1.165) is 12.5 Å². The van der Waals surface area contributed by atoms with Gasteiger partial charge in [-0.2, -0.15) is 0 Å². The lowest BCUT2D eigenvalue weighted by molar-refractivity contribution is 0.454. The predicted octanol–water partition coefficient (Wildman–Crippen LogP) is 3.87. The zero-order valence-corrected chi connectivity index (χ0v) is 12.0. The van der Waals surface area contributed by atoms with Gasteiger partial charge >= 0.3 is 0 Å². The molecular formula is C16H27N. The van der Waals surface area contributed by atoms with E-state index >= 15 is 0 Å². The highest BCUT2D eigenvalue weighted by Gasteiger charge is 2.04. The fourth-order valence-corrected chi connectivity index (χ4v) is 2.17. The van der Waals surface area contributed by atoms with E-state index in [9.17, 15) is 0 Å². The summed E-state index contributed by atoms with van der Waals surface area (Å²) in [6, 6.07) is 7.47. The van der Waals surface area contributed by atoms with E-state index in [1.807, 2.05) is 0 Å². The Kier molecular flexibility index (Phi) is 5.70. The van der Waals surface area contributed by atoms with Gasteiger partial charge in [-0.15, -0.1) is 0 Å². The van der Waals surface area contributed by atoms with Crippen molar-refractivity contribution < 1.29 is 0 Å². The van der Waals surface area contributed by atoms with Crippen LogP contribution >= 0.6 is 0 Å². The maximum atomic E-state index is 3.50. The molecule has 1 aromatic rings. The second-order valence-corrected chi connectivity index (χ2v) is 5.70. The third-order valence-corrected chi connectivity index (χ3v) is 3.08. The van der Waals surface area contributed by atoms with Crippen LogP contribution in [-0.2, 0) is 6.42 Å². The van der Waals surface area contributed by atoms with Gasteiger partial charge < -0.3 is 5.32 Å². The molecule has 1 nitrogen and oxygen atoms in total. The highest BCUT2D eigenvalue weighted by atomic mass is 14.9. The van der Waals surface area contributed by atoms with Gasteiger partial charge in [-0.3, -0.25) is 0 Å². The summed E-state index contributed by atoms with van der Waals surface area (Å²) >= 11 is 0. The predicted molar refractivity (Wildman–Crippen MR) is 76.5 cm³/mol. The molecule has 96 valence electrons. The molecule has 0 heterocycles. The van der Waals surface area contributed by atoms with Crippen molar-refractivity contribution in [1.82, 2.24) is 5.32 Å².